The number of amides is 2. The molecule has 0 aliphatic carbocycles. The van der Waals surface area contributed by atoms with Crippen LogP contribution in [0.1, 0.15) is 28.8 Å². The Morgan fingerprint density at radius 3 is 2.12 bits per heavy atom. The molecule has 3 rings (SSSR count). The summed E-state index contributed by atoms with van der Waals surface area (Å²) >= 11 is 0. The van der Waals surface area contributed by atoms with Crippen molar-refractivity contribution in [2.75, 3.05) is 32.6 Å². The fourth-order valence-electron chi connectivity index (χ4n) is 3.55. The summed E-state index contributed by atoms with van der Waals surface area (Å²) in [6, 6.07) is 9.68. The monoisotopic (exact) mass is 444 g/mol. The maximum atomic E-state index is 13.8. The number of anilines is 1. The summed E-state index contributed by atoms with van der Waals surface area (Å²) in [7, 11) is 2.58. The zero-order chi connectivity index (χ0) is 23.3. The normalized spacial score (nSPS) is 13.9. The SMILES string of the molecule is COC(=O)C1=C(c2ccc(NC(=O)c3c(F)cccc3F)cc2)CCN(C(=O)OC)CC1. The van der Waals surface area contributed by atoms with Gasteiger partial charge in [-0.3, -0.25) is 4.79 Å². The number of ether oxygens (including phenoxy) is 2. The first-order chi connectivity index (χ1) is 15.3. The minimum Gasteiger partial charge on any atom is -0.466 e. The lowest BCUT2D eigenvalue weighted by molar-refractivity contribution is -0.136. The lowest BCUT2D eigenvalue weighted by Crippen LogP contribution is -2.32. The van der Waals surface area contributed by atoms with Crippen molar-refractivity contribution in [3.63, 3.8) is 0 Å². The number of esters is 1. The van der Waals surface area contributed by atoms with Crippen LogP contribution in [0, 0.1) is 11.6 Å². The number of halogens is 2. The quantitative estimate of drug-likeness (QED) is 0.721. The van der Waals surface area contributed by atoms with Crippen molar-refractivity contribution in [1.82, 2.24) is 4.90 Å². The van der Waals surface area contributed by atoms with Gasteiger partial charge in [-0.2, -0.15) is 0 Å². The highest BCUT2D eigenvalue weighted by Crippen LogP contribution is 2.30. The summed E-state index contributed by atoms with van der Waals surface area (Å²) < 4.78 is 37.3. The number of benzene rings is 2. The van der Waals surface area contributed by atoms with Gasteiger partial charge in [-0.05, 0) is 48.2 Å². The van der Waals surface area contributed by atoms with Crippen LogP contribution in [0.15, 0.2) is 48.0 Å². The van der Waals surface area contributed by atoms with Crippen molar-refractivity contribution < 1.29 is 32.6 Å². The zero-order valence-electron chi connectivity index (χ0n) is 17.6. The molecule has 0 fully saturated rings. The number of carbonyl (C=O) groups excluding carboxylic acids is 3. The molecule has 168 valence electrons. The first-order valence-corrected chi connectivity index (χ1v) is 9.84. The summed E-state index contributed by atoms with van der Waals surface area (Å²) in [5.74, 6) is -3.31. The highest BCUT2D eigenvalue weighted by atomic mass is 19.1. The Hall–Kier alpha value is -3.75. The number of carbonyl (C=O) groups is 3. The highest BCUT2D eigenvalue weighted by Gasteiger charge is 2.25. The molecule has 0 unspecified atom stereocenters. The van der Waals surface area contributed by atoms with Crippen LogP contribution in [0.5, 0.6) is 0 Å². The minimum atomic E-state index is -0.958. The van der Waals surface area contributed by atoms with E-state index in [1.165, 1.54) is 25.2 Å². The van der Waals surface area contributed by atoms with Gasteiger partial charge < -0.3 is 19.7 Å². The number of rotatable bonds is 4. The molecule has 2 amide bonds. The smallest absolute Gasteiger partial charge is 0.409 e. The average Bonchev–Trinajstić information content (AvgIpc) is 3.01. The standard InChI is InChI=1S/C23H22F2N2O5/c1-31-22(29)17-11-13-27(23(30)32-2)12-10-16(17)14-6-8-15(9-7-14)26-21(28)20-18(24)4-3-5-19(20)25/h3-9H,10-13H2,1-2H3,(H,26,28). The lowest BCUT2D eigenvalue weighted by Gasteiger charge is -2.18. The van der Waals surface area contributed by atoms with Gasteiger partial charge in [-0.1, -0.05) is 18.2 Å². The number of methoxy groups -OCH3 is 2. The third kappa shape index (κ3) is 4.93. The van der Waals surface area contributed by atoms with Crippen molar-refractivity contribution in [2.45, 2.75) is 12.8 Å². The van der Waals surface area contributed by atoms with E-state index >= 15 is 0 Å². The molecule has 0 atom stereocenters. The van der Waals surface area contributed by atoms with E-state index in [4.69, 9.17) is 9.47 Å². The highest BCUT2D eigenvalue weighted by molar-refractivity contribution is 6.05. The third-order valence-corrected chi connectivity index (χ3v) is 5.17. The molecule has 0 bridgehead atoms. The molecular weight excluding hydrogens is 422 g/mol. The van der Waals surface area contributed by atoms with Gasteiger partial charge in [0.15, 0.2) is 0 Å². The molecule has 2 aromatic rings. The molecule has 32 heavy (non-hydrogen) atoms. The first-order valence-electron chi connectivity index (χ1n) is 9.84. The van der Waals surface area contributed by atoms with Crippen molar-refractivity contribution >= 4 is 29.2 Å². The number of nitrogens with one attached hydrogen (secondary N) is 1. The van der Waals surface area contributed by atoms with Gasteiger partial charge in [0.2, 0.25) is 0 Å². The van der Waals surface area contributed by atoms with E-state index in [1.54, 1.807) is 24.3 Å². The predicted molar refractivity (Wildman–Crippen MR) is 113 cm³/mol. The average molecular weight is 444 g/mol. The van der Waals surface area contributed by atoms with Gasteiger partial charge in [-0.25, -0.2) is 18.4 Å². The molecule has 9 heteroatoms. The number of hydrogen-bond donors (Lipinski definition) is 1. The van der Waals surface area contributed by atoms with Gasteiger partial charge in [0.05, 0.1) is 14.2 Å². The molecule has 1 aliphatic rings. The summed E-state index contributed by atoms with van der Waals surface area (Å²) in [4.78, 5) is 38.0. The summed E-state index contributed by atoms with van der Waals surface area (Å²) in [5, 5.41) is 2.46. The molecule has 2 aromatic carbocycles. The molecule has 0 aromatic heterocycles. The van der Waals surface area contributed by atoms with Gasteiger partial charge in [0, 0.05) is 24.4 Å². The second kappa shape index (κ2) is 10.0. The van der Waals surface area contributed by atoms with Gasteiger partial charge in [0.1, 0.15) is 17.2 Å². The number of hydrogen-bond acceptors (Lipinski definition) is 5. The Bertz CT molecular complexity index is 1050. The van der Waals surface area contributed by atoms with E-state index < -0.39 is 35.2 Å². The Morgan fingerprint density at radius 1 is 0.906 bits per heavy atom. The van der Waals surface area contributed by atoms with Gasteiger partial charge >= 0.3 is 12.1 Å². The predicted octanol–water partition coefficient (Wildman–Crippen LogP) is 4.01. The van der Waals surface area contributed by atoms with E-state index in [9.17, 15) is 23.2 Å². The van der Waals surface area contributed by atoms with E-state index in [-0.39, 0.29) is 0 Å². The topological polar surface area (TPSA) is 84.9 Å². The van der Waals surface area contributed by atoms with Crippen molar-refractivity contribution in [3.8, 4) is 0 Å². The van der Waals surface area contributed by atoms with Crippen molar-refractivity contribution in [2.24, 2.45) is 0 Å². The zero-order valence-corrected chi connectivity index (χ0v) is 17.6. The Balaban J connectivity index is 1.83. The Kier molecular flexibility index (Phi) is 7.19. The van der Waals surface area contributed by atoms with Crippen LogP contribution in [0.4, 0.5) is 19.3 Å². The van der Waals surface area contributed by atoms with Crippen LogP contribution in [-0.4, -0.2) is 50.2 Å². The number of nitrogens with zero attached hydrogens (tertiary/aromatic N) is 1. The fraction of sp³-hybridized carbons (Fsp3) is 0.261. The minimum absolute atomic E-state index is 0.294. The molecule has 0 spiro atoms. The Labute approximate surface area is 183 Å². The lowest BCUT2D eigenvalue weighted by atomic mass is 9.96. The molecule has 1 aliphatic heterocycles. The van der Waals surface area contributed by atoms with Gasteiger partial charge in [0.25, 0.3) is 5.91 Å². The van der Waals surface area contributed by atoms with Crippen LogP contribution in [-0.2, 0) is 14.3 Å². The van der Waals surface area contributed by atoms with Crippen LogP contribution in [0.25, 0.3) is 5.57 Å². The first kappa shape index (κ1) is 22.9. The van der Waals surface area contributed by atoms with Crippen LogP contribution >= 0.6 is 0 Å². The third-order valence-electron chi connectivity index (χ3n) is 5.17. The van der Waals surface area contributed by atoms with Crippen molar-refractivity contribution in [3.05, 3.63) is 70.8 Å². The van der Waals surface area contributed by atoms with Crippen molar-refractivity contribution in [1.29, 1.82) is 0 Å². The summed E-state index contributed by atoms with van der Waals surface area (Å²) in [6.07, 6.45) is 0.210. The van der Waals surface area contributed by atoms with E-state index in [0.717, 1.165) is 12.1 Å². The van der Waals surface area contributed by atoms with Crippen LogP contribution < -0.4 is 5.32 Å². The molecule has 7 nitrogen and oxygen atoms in total. The van der Waals surface area contributed by atoms with E-state index in [1.807, 2.05) is 0 Å². The second-order valence-electron chi connectivity index (χ2n) is 7.03. The molecule has 0 saturated heterocycles. The second-order valence-corrected chi connectivity index (χ2v) is 7.03. The molecule has 1 N–H and O–H groups in total. The van der Waals surface area contributed by atoms with E-state index in [0.29, 0.717) is 48.3 Å². The molecular formula is C23H22F2N2O5. The Morgan fingerprint density at radius 2 is 1.53 bits per heavy atom. The van der Waals surface area contributed by atoms with Gasteiger partial charge in [-0.15, -0.1) is 0 Å². The summed E-state index contributed by atoms with van der Waals surface area (Å²) in [6.45, 7) is 0.663. The molecule has 0 radical (unpaired) electrons. The maximum Gasteiger partial charge on any atom is 0.409 e. The molecule has 1 heterocycles. The largest absolute Gasteiger partial charge is 0.466 e. The summed E-state index contributed by atoms with van der Waals surface area (Å²) in [5.41, 5.74) is 1.52. The fourth-order valence-corrected chi connectivity index (χ4v) is 3.55. The maximum absolute atomic E-state index is 13.8. The van der Waals surface area contributed by atoms with E-state index in [2.05, 4.69) is 5.32 Å². The molecule has 0 saturated carbocycles. The van der Waals surface area contributed by atoms with Crippen LogP contribution in [0.2, 0.25) is 0 Å². The van der Waals surface area contributed by atoms with Crippen LogP contribution in [0.3, 0.4) is 0 Å².